The summed E-state index contributed by atoms with van der Waals surface area (Å²) in [6.07, 6.45) is 2.47. The van der Waals surface area contributed by atoms with Crippen LogP contribution in [0, 0.1) is 0 Å². The van der Waals surface area contributed by atoms with Crippen LogP contribution < -0.4 is 11.1 Å². The predicted octanol–water partition coefficient (Wildman–Crippen LogP) is 2.22. The maximum Gasteiger partial charge on any atom is 0.323 e. The summed E-state index contributed by atoms with van der Waals surface area (Å²) in [6, 6.07) is 5.33. The number of anilines is 1. The zero-order chi connectivity index (χ0) is 15.6. The fourth-order valence-electron chi connectivity index (χ4n) is 2.26. The monoisotopic (exact) mass is 289 g/mol. The molecule has 0 aliphatic rings. The Labute approximate surface area is 124 Å². The van der Waals surface area contributed by atoms with Crippen LogP contribution in [0.1, 0.15) is 26.3 Å². The quantitative estimate of drug-likeness (QED) is 0.595. The van der Waals surface area contributed by atoms with Crippen LogP contribution in [-0.2, 0) is 16.0 Å². The van der Waals surface area contributed by atoms with Crippen molar-refractivity contribution in [3.63, 3.8) is 0 Å². The molecule has 4 N–H and O–H groups in total. The third-order valence-corrected chi connectivity index (χ3v) is 3.26. The summed E-state index contributed by atoms with van der Waals surface area (Å²) in [6.45, 7) is 5.60. The summed E-state index contributed by atoms with van der Waals surface area (Å²) in [5.41, 5.74) is 8.11. The molecule has 114 valence electrons. The van der Waals surface area contributed by atoms with Crippen molar-refractivity contribution >= 4 is 22.6 Å². The van der Waals surface area contributed by atoms with E-state index < -0.39 is 5.60 Å². The largest absolute Gasteiger partial charge is 0.459 e. The van der Waals surface area contributed by atoms with Crippen molar-refractivity contribution in [1.29, 1.82) is 0 Å². The maximum atomic E-state index is 12.2. The van der Waals surface area contributed by atoms with Gasteiger partial charge in [-0.2, -0.15) is 0 Å². The Morgan fingerprint density at radius 2 is 2.14 bits per heavy atom. The molecule has 0 radical (unpaired) electrons. The lowest BCUT2D eigenvalue weighted by molar-refractivity contribution is -0.157. The number of rotatable bonds is 4. The molecule has 0 amide bonds. The zero-order valence-electron chi connectivity index (χ0n) is 13.0. The fraction of sp³-hybridized carbons (Fsp3) is 0.438. The molecule has 1 aromatic heterocycles. The number of aromatic nitrogens is 1. The molecule has 5 nitrogen and oxygen atoms in total. The second kappa shape index (κ2) is 5.77. The first kappa shape index (κ1) is 15.4. The van der Waals surface area contributed by atoms with Crippen LogP contribution in [-0.4, -0.2) is 29.6 Å². The number of likely N-dealkylation sites (N-methyl/N-ethyl adjacent to an activating group) is 1. The third-order valence-electron chi connectivity index (χ3n) is 3.26. The van der Waals surface area contributed by atoms with Gasteiger partial charge in [0.2, 0.25) is 0 Å². The number of fused-ring (bicyclic) bond motifs is 1. The van der Waals surface area contributed by atoms with Gasteiger partial charge in [-0.25, -0.2) is 0 Å². The summed E-state index contributed by atoms with van der Waals surface area (Å²) < 4.78 is 5.44. The number of nitrogens with two attached hydrogens (primary N) is 1. The Hall–Kier alpha value is -2.01. The van der Waals surface area contributed by atoms with E-state index in [0.29, 0.717) is 12.1 Å². The van der Waals surface area contributed by atoms with Gasteiger partial charge in [0.15, 0.2) is 0 Å². The second-order valence-corrected chi connectivity index (χ2v) is 6.20. The number of aromatic amines is 1. The molecule has 0 fully saturated rings. The minimum atomic E-state index is -0.489. The SMILES string of the molecule is CNC(Cc1c[nH]c2ccc(N)cc12)C(=O)OC(C)(C)C. The van der Waals surface area contributed by atoms with Crippen molar-refractivity contribution in [1.82, 2.24) is 10.3 Å². The molecule has 1 aromatic carbocycles. The molecule has 0 aliphatic heterocycles. The zero-order valence-corrected chi connectivity index (χ0v) is 13.0. The van der Waals surface area contributed by atoms with Crippen molar-refractivity contribution in [3.8, 4) is 0 Å². The lowest BCUT2D eigenvalue weighted by atomic mass is 10.0. The van der Waals surface area contributed by atoms with Crippen molar-refractivity contribution < 1.29 is 9.53 Å². The van der Waals surface area contributed by atoms with E-state index in [1.807, 2.05) is 45.2 Å². The van der Waals surface area contributed by atoms with E-state index in [9.17, 15) is 4.79 Å². The normalized spacial score (nSPS) is 13.3. The van der Waals surface area contributed by atoms with Gasteiger partial charge >= 0.3 is 5.97 Å². The van der Waals surface area contributed by atoms with E-state index in [2.05, 4.69) is 10.3 Å². The molecule has 1 unspecified atom stereocenters. The Balaban J connectivity index is 2.21. The summed E-state index contributed by atoms with van der Waals surface area (Å²) in [7, 11) is 1.76. The average Bonchev–Trinajstić information content (AvgIpc) is 2.76. The first-order valence-corrected chi connectivity index (χ1v) is 7.06. The number of esters is 1. The van der Waals surface area contributed by atoms with Gasteiger partial charge in [-0.3, -0.25) is 4.79 Å². The third kappa shape index (κ3) is 3.76. The lowest BCUT2D eigenvalue weighted by Crippen LogP contribution is -2.40. The van der Waals surface area contributed by atoms with Crippen molar-refractivity contribution in [2.75, 3.05) is 12.8 Å². The minimum Gasteiger partial charge on any atom is -0.459 e. The fourth-order valence-corrected chi connectivity index (χ4v) is 2.26. The van der Waals surface area contributed by atoms with Gasteiger partial charge < -0.3 is 20.8 Å². The number of carbonyl (C=O) groups excluding carboxylic acids is 1. The van der Waals surface area contributed by atoms with Crippen LogP contribution in [0.2, 0.25) is 0 Å². The standard InChI is InChI=1S/C16H23N3O2/c1-16(2,3)21-15(20)14(18-4)7-10-9-19-13-6-5-11(17)8-12(10)13/h5-6,8-9,14,18-19H,7,17H2,1-4H3. The molecule has 1 atom stereocenters. The number of benzene rings is 1. The molecule has 0 saturated carbocycles. The summed E-state index contributed by atoms with van der Waals surface area (Å²) in [5, 5.41) is 4.06. The van der Waals surface area contributed by atoms with Gasteiger partial charge in [0.1, 0.15) is 11.6 Å². The number of nitrogen functional groups attached to an aromatic ring is 1. The summed E-state index contributed by atoms with van der Waals surface area (Å²) in [5.74, 6) is -0.247. The molecule has 2 aromatic rings. The van der Waals surface area contributed by atoms with Gasteiger partial charge in [0.05, 0.1) is 0 Å². The Morgan fingerprint density at radius 3 is 2.76 bits per heavy atom. The number of hydrogen-bond acceptors (Lipinski definition) is 4. The Morgan fingerprint density at radius 1 is 1.43 bits per heavy atom. The molecule has 2 rings (SSSR count). The lowest BCUT2D eigenvalue weighted by Gasteiger charge is -2.23. The van der Waals surface area contributed by atoms with Crippen LogP contribution in [0.15, 0.2) is 24.4 Å². The van der Waals surface area contributed by atoms with E-state index in [1.165, 1.54) is 0 Å². The van der Waals surface area contributed by atoms with Crippen molar-refractivity contribution in [2.45, 2.75) is 38.8 Å². The maximum absolute atomic E-state index is 12.2. The molecular weight excluding hydrogens is 266 g/mol. The molecule has 1 heterocycles. The Bertz CT molecular complexity index is 640. The number of H-pyrrole nitrogens is 1. The molecule has 5 heteroatoms. The van der Waals surface area contributed by atoms with Gasteiger partial charge in [-0.1, -0.05) is 0 Å². The highest BCUT2D eigenvalue weighted by Gasteiger charge is 2.24. The van der Waals surface area contributed by atoms with Gasteiger partial charge in [0.25, 0.3) is 0 Å². The number of nitrogens with one attached hydrogen (secondary N) is 2. The summed E-state index contributed by atoms with van der Waals surface area (Å²) in [4.78, 5) is 15.4. The van der Waals surface area contributed by atoms with E-state index in [4.69, 9.17) is 10.5 Å². The van der Waals surface area contributed by atoms with Gasteiger partial charge in [0, 0.05) is 29.2 Å². The number of hydrogen-bond donors (Lipinski definition) is 3. The van der Waals surface area contributed by atoms with E-state index in [0.717, 1.165) is 16.5 Å². The van der Waals surface area contributed by atoms with E-state index in [1.54, 1.807) is 7.05 Å². The van der Waals surface area contributed by atoms with Crippen molar-refractivity contribution in [3.05, 3.63) is 30.0 Å². The molecule has 0 bridgehead atoms. The van der Waals surface area contributed by atoms with E-state index in [-0.39, 0.29) is 12.0 Å². The molecule has 0 spiro atoms. The number of ether oxygens (including phenoxy) is 1. The predicted molar refractivity (Wildman–Crippen MR) is 85.1 cm³/mol. The first-order valence-electron chi connectivity index (χ1n) is 7.06. The average molecular weight is 289 g/mol. The van der Waals surface area contributed by atoms with Crippen LogP contribution in [0.3, 0.4) is 0 Å². The van der Waals surface area contributed by atoms with Crippen LogP contribution in [0.5, 0.6) is 0 Å². The molecule has 21 heavy (non-hydrogen) atoms. The van der Waals surface area contributed by atoms with Crippen LogP contribution in [0.25, 0.3) is 10.9 Å². The van der Waals surface area contributed by atoms with Crippen LogP contribution >= 0.6 is 0 Å². The summed E-state index contributed by atoms with van der Waals surface area (Å²) >= 11 is 0. The first-order chi connectivity index (χ1) is 9.80. The second-order valence-electron chi connectivity index (χ2n) is 6.20. The topological polar surface area (TPSA) is 80.1 Å². The highest BCUT2D eigenvalue weighted by atomic mass is 16.6. The number of carbonyl (C=O) groups is 1. The molecule has 0 aliphatic carbocycles. The Kier molecular flexibility index (Phi) is 4.23. The smallest absolute Gasteiger partial charge is 0.323 e. The van der Waals surface area contributed by atoms with Gasteiger partial charge in [-0.15, -0.1) is 0 Å². The molecular formula is C16H23N3O2. The molecule has 0 saturated heterocycles. The highest BCUT2D eigenvalue weighted by Crippen LogP contribution is 2.22. The van der Waals surface area contributed by atoms with Crippen molar-refractivity contribution in [2.24, 2.45) is 0 Å². The van der Waals surface area contributed by atoms with Crippen LogP contribution in [0.4, 0.5) is 5.69 Å². The highest BCUT2D eigenvalue weighted by molar-refractivity contribution is 5.87. The van der Waals surface area contributed by atoms with E-state index >= 15 is 0 Å². The van der Waals surface area contributed by atoms with Gasteiger partial charge in [-0.05, 0) is 51.6 Å². The minimum absolute atomic E-state index is 0.247.